The first-order valence-electron chi connectivity index (χ1n) is 7.25. The average molecular weight is 340 g/mol. The van der Waals surface area contributed by atoms with E-state index < -0.39 is 5.91 Å². The zero-order valence-electron chi connectivity index (χ0n) is 13.1. The van der Waals surface area contributed by atoms with Crippen molar-refractivity contribution < 1.29 is 9.21 Å². The van der Waals surface area contributed by atoms with Crippen molar-refractivity contribution >= 4 is 23.2 Å². The molecule has 0 aliphatic carbocycles. The average Bonchev–Trinajstić information content (AvgIpc) is 3.16. The summed E-state index contributed by atoms with van der Waals surface area (Å²) in [5.74, 6) is 0.257. The van der Waals surface area contributed by atoms with Gasteiger partial charge in [-0.3, -0.25) is 9.36 Å². The highest BCUT2D eigenvalue weighted by atomic mass is 35.5. The molecule has 0 spiro atoms. The van der Waals surface area contributed by atoms with Crippen molar-refractivity contribution in [1.29, 1.82) is 5.26 Å². The van der Waals surface area contributed by atoms with Crippen molar-refractivity contribution in [3.63, 3.8) is 0 Å². The molecule has 0 aliphatic rings. The molecule has 0 saturated carbocycles. The molecule has 0 bridgehead atoms. The van der Waals surface area contributed by atoms with Gasteiger partial charge in [-0.25, -0.2) is 0 Å². The second-order valence-corrected chi connectivity index (χ2v) is 5.76. The van der Waals surface area contributed by atoms with Crippen molar-refractivity contribution in [3.05, 3.63) is 70.2 Å². The van der Waals surface area contributed by atoms with Crippen LogP contribution < -0.4 is 5.32 Å². The lowest BCUT2D eigenvalue weighted by molar-refractivity contribution is 0.102. The van der Waals surface area contributed by atoms with E-state index in [-0.39, 0.29) is 11.1 Å². The second-order valence-electron chi connectivity index (χ2n) is 5.35. The number of carbonyl (C=O) groups excluding carboxylic acids is 1. The smallest absolute Gasteiger partial charge is 0.260 e. The molecule has 0 saturated heterocycles. The van der Waals surface area contributed by atoms with Crippen LogP contribution in [0.4, 0.5) is 5.69 Å². The summed E-state index contributed by atoms with van der Waals surface area (Å²) in [6, 6.07) is 11.0. The molecule has 0 atom stereocenters. The third-order valence-corrected chi connectivity index (χ3v) is 3.93. The molecule has 3 aromatic rings. The van der Waals surface area contributed by atoms with Gasteiger partial charge in [0, 0.05) is 12.4 Å². The number of hydrogen-bond acceptors (Lipinski definition) is 3. The standard InChI is InChI=1S/C18H14ClN3O2/c1-11-5-6-15(14(19)9-11)21-17(23)16-12(2)24-18(13(16)10-20)22-7-3-4-8-22/h3-9H,1-2H3,(H,21,23). The maximum absolute atomic E-state index is 12.6. The molecule has 0 radical (unpaired) electrons. The number of carbonyl (C=O) groups is 1. The molecule has 6 heteroatoms. The lowest BCUT2D eigenvalue weighted by atomic mass is 10.1. The highest BCUT2D eigenvalue weighted by molar-refractivity contribution is 6.34. The second kappa shape index (κ2) is 6.26. The Hall–Kier alpha value is -2.97. The summed E-state index contributed by atoms with van der Waals surface area (Å²) >= 11 is 6.15. The minimum absolute atomic E-state index is 0.185. The van der Waals surface area contributed by atoms with E-state index in [2.05, 4.69) is 11.4 Å². The predicted octanol–water partition coefficient (Wildman–Crippen LogP) is 4.46. The van der Waals surface area contributed by atoms with Crippen molar-refractivity contribution in [1.82, 2.24) is 4.57 Å². The Balaban J connectivity index is 2.00. The van der Waals surface area contributed by atoms with E-state index in [1.807, 2.05) is 25.1 Å². The van der Waals surface area contributed by atoms with Crippen LogP contribution in [-0.4, -0.2) is 10.5 Å². The van der Waals surface area contributed by atoms with Crippen LogP contribution in [0.1, 0.15) is 27.2 Å². The SMILES string of the molecule is Cc1ccc(NC(=O)c2c(C)oc(-n3cccc3)c2C#N)c(Cl)c1. The molecule has 24 heavy (non-hydrogen) atoms. The number of furan rings is 1. The summed E-state index contributed by atoms with van der Waals surface area (Å²) in [6.07, 6.45) is 3.50. The van der Waals surface area contributed by atoms with Gasteiger partial charge in [0.15, 0.2) is 0 Å². The fourth-order valence-electron chi connectivity index (χ4n) is 2.47. The van der Waals surface area contributed by atoms with Crippen LogP contribution in [0.15, 0.2) is 47.1 Å². The zero-order valence-corrected chi connectivity index (χ0v) is 13.9. The molecule has 1 N–H and O–H groups in total. The van der Waals surface area contributed by atoms with E-state index in [0.29, 0.717) is 22.4 Å². The predicted molar refractivity (Wildman–Crippen MR) is 91.6 cm³/mol. The Morgan fingerprint density at radius 2 is 2.00 bits per heavy atom. The van der Waals surface area contributed by atoms with Gasteiger partial charge in [-0.05, 0) is 43.7 Å². The van der Waals surface area contributed by atoms with Gasteiger partial charge >= 0.3 is 0 Å². The zero-order chi connectivity index (χ0) is 17.3. The van der Waals surface area contributed by atoms with E-state index in [0.717, 1.165) is 5.56 Å². The largest absolute Gasteiger partial charge is 0.443 e. The fraction of sp³-hybridized carbons (Fsp3) is 0.111. The van der Waals surface area contributed by atoms with Crippen LogP contribution in [0.25, 0.3) is 5.88 Å². The van der Waals surface area contributed by atoms with Crippen LogP contribution in [0.3, 0.4) is 0 Å². The first-order chi connectivity index (χ1) is 11.5. The third-order valence-electron chi connectivity index (χ3n) is 3.62. The monoisotopic (exact) mass is 339 g/mol. The first kappa shape index (κ1) is 15.9. The van der Waals surface area contributed by atoms with Gasteiger partial charge in [0.2, 0.25) is 5.88 Å². The van der Waals surface area contributed by atoms with Crippen LogP contribution in [0.5, 0.6) is 0 Å². The van der Waals surface area contributed by atoms with Gasteiger partial charge in [-0.15, -0.1) is 0 Å². The molecular formula is C18H14ClN3O2. The van der Waals surface area contributed by atoms with E-state index in [1.54, 1.807) is 36.0 Å². The van der Waals surface area contributed by atoms with E-state index >= 15 is 0 Å². The first-order valence-corrected chi connectivity index (χ1v) is 7.63. The van der Waals surface area contributed by atoms with Gasteiger partial charge < -0.3 is 9.73 Å². The number of anilines is 1. The summed E-state index contributed by atoms with van der Waals surface area (Å²) in [6.45, 7) is 3.56. The summed E-state index contributed by atoms with van der Waals surface area (Å²) in [7, 11) is 0. The molecule has 0 aliphatic heterocycles. The molecule has 3 rings (SSSR count). The lowest BCUT2D eigenvalue weighted by Gasteiger charge is -2.07. The molecule has 1 aromatic carbocycles. The van der Waals surface area contributed by atoms with Gasteiger partial charge in [-0.1, -0.05) is 17.7 Å². The molecule has 2 heterocycles. The summed E-state index contributed by atoms with van der Waals surface area (Å²) < 4.78 is 7.29. The highest BCUT2D eigenvalue weighted by Crippen LogP contribution is 2.28. The van der Waals surface area contributed by atoms with Crippen molar-refractivity contribution in [2.24, 2.45) is 0 Å². The number of nitrogens with one attached hydrogen (secondary N) is 1. The highest BCUT2D eigenvalue weighted by Gasteiger charge is 2.24. The number of nitriles is 1. The number of aryl methyl sites for hydroxylation is 2. The van der Waals surface area contributed by atoms with E-state index in [4.69, 9.17) is 16.0 Å². The van der Waals surface area contributed by atoms with Gasteiger partial charge in [0.05, 0.1) is 10.7 Å². The molecule has 0 unspecified atom stereocenters. The molecule has 120 valence electrons. The number of hydrogen-bond donors (Lipinski definition) is 1. The fourth-order valence-corrected chi connectivity index (χ4v) is 2.75. The van der Waals surface area contributed by atoms with Gasteiger partial charge in [0.25, 0.3) is 5.91 Å². The van der Waals surface area contributed by atoms with Crippen LogP contribution in [0, 0.1) is 25.2 Å². The topological polar surface area (TPSA) is 71.0 Å². The molecular weight excluding hydrogens is 326 g/mol. The summed E-state index contributed by atoms with van der Waals surface area (Å²) in [5, 5.41) is 12.7. The molecule has 5 nitrogen and oxygen atoms in total. The van der Waals surface area contributed by atoms with Gasteiger partial charge in [0.1, 0.15) is 23.0 Å². The van der Waals surface area contributed by atoms with Crippen molar-refractivity contribution in [2.45, 2.75) is 13.8 Å². The molecule has 0 fully saturated rings. The molecule has 2 aromatic heterocycles. The maximum atomic E-state index is 12.6. The quantitative estimate of drug-likeness (QED) is 0.765. The Morgan fingerprint density at radius 1 is 1.29 bits per heavy atom. The van der Waals surface area contributed by atoms with E-state index in [9.17, 15) is 10.1 Å². The van der Waals surface area contributed by atoms with Crippen LogP contribution in [-0.2, 0) is 0 Å². The minimum atomic E-state index is -0.433. The number of rotatable bonds is 3. The van der Waals surface area contributed by atoms with Gasteiger partial charge in [-0.2, -0.15) is 5.26 Å². The minimum Gasteiger partial charge on any atom is -0.443 e. The Kier molecular flexibility index (Phi) is 4.15. The number of amides is 1. The van der Waals surface area contributed by atoms with Crippen LogP contribution in [0.2, 0.25) is 5.02 Å². The Labute approximate surface area is 144 Å². The number of aromatic nitrogens is 1. The van der Waals surface area contributed by atoms with Crippen molar-refractivity contribution in [3.8, 4) is 12.0 Å². The lowest BCUT2D eigenvalue weighted by Crippen LogP contribution is -2.14. The van der Waals surface area contributed by atoms with Crippen molar-refractivity contribution in [2.75, 3.05) is 5.32 Å². The normalized spacial score (nSPS) is 10.4. The summed E-state index contributed by atoms with van der Waals surface area (Å²) in [5.41, 5.74) is 1.87. The Morgan fingerprint density at radius 3 is 2.62 bits per heavy atom. The number of benzene rings is 1. The van der Waals surface area contributed by atoms with E-state index in [1.165, 1.54) is 0 Å². The number of halogens is 1. The number of nitrogens with zero attached hydrogens (tertiary/aromatic N) is 2. The Bertz CT molecular complexity index is 950. The third kappa shape index (κ3) is 2.80. The summed E-state index contributed by atoms with van der Waals surface area (Å²) in [4.78, 5) is 12.6. The molecule has 1 amide bonds. The van der Waals surface area contributed by atoms with Crippen LogP contribution >= 0.6 is 11.6 Å². The maximum Gasteiger partial charge on any atom is 0.260 e.